The van der Waals surface area contributed by atoms with Gasteiger partial charge in [-0.2, -0.15) is 11.8 Å². The van der Waals surface area contributed by atoms with Crippen LogP contribution in [-0.2, 0) is 0 Å². The van der Waals surface area contributed by atoms with Gasteiger partial charge >= 0.3 is 0 Å². The van der Waals surface area contributed by atoms with E-state index < -0.39 is 0 Å². The Morgan fingerprint density at radius 1 is 1.36 bits per heavy atom. The molecule has 0 aliphatic carbocycles. The van der Waals surface area contributed by atoms with Crippen LogP contribution in [0.1, 0.15) is 19.8 Å². The van der Waals surface area contributed by atoms with Gasteiger partial charge in [0.1, 0.15) is 0 Å². The van der Waals surface area contributed by atoms with Crippen LogP contribution in [0.5, 0.6) is 0 Å². The lowest BCUT2D eigenvalue weighted by molar-refractivity contribution is 0.681. The van der Waals surface area contributed by atoms with Crippen LogP contribution >= 0.6 is 11.8 Å². The maximum absolute atomic E-state index is 3.39. The Bertz CT molecular complexity index is 91.6. The molecule has 0 aromatic rings. The van der Waals surface area contributed by atoms with Gasteiger partial charge in [-0.25, -0.2) is 0 Å². The Morgan fingerprint density at radius 2 is 2.18 bits per heavy atom. The second-order valence-corrected chi connectivity index (χ2v) is 3.44. The molecule has 0 radical (unpaired) electrons. The fourth-order valence-corrected chi connectivity index (χ4v) is 1.25. The van der Waals surface area contributed by atoms with Gasteiger partial charge in [-0.05, 0) is 44.9 Å². The summed E-state index contributed by atoms with van der Waals surface area (Å²) < 4.78 is 0. The lowest BCUT2D eigenvalue weighted by atomic mass is 10.3. The maximum Gasteiger partial charge on any atom is -0.00143 e. The van der Waals surface area contributed by atoms with Gasteiger partial charge in [-0.1, -0.05) is 12.2 Å². The first kappa shape index (κ1) is 11.1. The molecule has 0 heterocycles. The van der Waals surface area contributed by atoms with E-state index in [0.29, 0.717) is 0 Å². The smallest absolute Gasteiger partial charge is 0.00143 e. The highest BCUT2D eigenvalue weighted by molar-refractivity contribution is 7.98. The van der Waals surface area contributed by atoms with Crippen LogP contribution in [0.3, 0.4) is 0 Å². The SMILES string of the molecule is C/C=C/CCNCCCSC. The van der Waals surface area contributed by atoms with Crippen molar-refractivity contribution in [2.45, 2.75) is 19.8 Å². The molecule has 0 aliphatic rings. The molecule has 0 atom stereocenters. The Morgan fingerprint density at radius 3 is 2.82 bits per heavy atom. The van der Waals surface area contributed by atoms with Crippen molar-refractivity contribution < 1.29 is 0 Å². The van der Waals surface area contributed by atoms with Gasteiger partial charge < -0.3 is 5.32 Å². The van der Waals surface area contributed by atoms with Crippen molar-refractivity contribution in [1.82, 2.24) is 5.32 Å². The topological polar surface area (TPSA) is 12.0 Å². The molecule has 0 unspecified atom stereocenters. The summed E-state index contributed by atoms with van der Waals surface area (Å²) in [6, 6.07) is 0. The Hall–Kier alpha value is 0.0500. The number of hydrogen-bond donors (Lipinski definition) is 1. The van der Waals surface area contributed by atoms with E-state index >= 15 is 0 Å². The molecule has 0 saturated carbocycles. The molecule has 0 aromatic carbocycles. The van der Waals surface area contributed by atoms with E-state index in [2.05, 4.69) is 30.6 Å². The standard InChI is InChI=1S/C9H19NS/c1-3-4-5-7-10-8-6-9-11-2/h3-4,10H,5-9H2,1-2H3/b4-3+. The van der Waals surface area contributed by atoms with E-state index in [1.807, 2.05) is 11.8 Å². The molecule has 0 saturated heterocycles. The second-order valence-electron chi connectivity index (χ2n) is 2.45. The van der Waals surface area contributed by atoms with Crippen LogP contribution in [0.25, 0.3) is 0 Å². The van der Waals surface area contributed by atoms with Gasteiger partial charge in [-0.3, -0.25) is 0 Å². The highest BCUT2D eigenvalue weighted by Gasteiger charge is 1.84. The molecule has 0 amide bonds. The predicted molar refractivity (Wildman–Crippen MR) is 55.3 cm³/mol. The molecular formula is C9H19NS. The molecule has 1 nitrogen and oxygen atoms in total. The van der Waals surface area contributed by atoms with Gasteiger partial charge in [0.25, 0.3) is 0 Å². The molecule has 0 spiro atoms. The zero-order valence-corrected chi connectivity index (χ0v) is 8.41. The molecule has 66 valence electrons. The molecule has 0 fully saturated rings. The van der Waals surface area contributed by atoms with Crippen molar-refractivity contribution in [2.24, 2.45) is 0 Å². The quantitative estimate of drug-likeness (QED) is 0.468. The molecule has 0 aromatic heterocycles. The summed E-state index contributed by atoms with van der Waals surface area (Å²) in [7, 11) is 0. The van der Waals surface area contributed by atoms with Gasteiger partial charge in [0, 0.05) is 0 Å². The third-order valence-electron chi connectivity index (χ3n) is 1.43. The molecule has 0 rings (SSSR count). The van der Waals surface area contributed by atoms with Crippen molar-refractivity contribution in [3.05, 3.63) is 12.2 Å². The summed E-state index contributed by atoms with van der Waals surface area (Å²) in [4.78, 5) is 0. The summed E-state index contributed by atoms with van der Waals surface area (Å²) >= 11 is 1.92. The number of thioether (sulfide) groups is 1. The van der Waals surface area contributed by atoms with E-state index in [1.54, 1.807) is 0 Å². The first-order chi connectivity index (χ1) is 5.41. The van der Waals surface area contributed by atoms with Crippen LogP contribution in [-0.4, -0.2) is 25.1 Å². The van der Waals surface area contributed by atoms with Gasteiger partial charge in [0.2, 0.25) is 0 Å². The Balaban J connectivity index is 2.79. The lowest BCUT2D eigenvalue weighted by Crippen LogP contribution is -2.16. The predicted octanol–water partition coefficient (Wildman–Crippen LogP) is 2.30. The molecule has 0 bridgehead atoms. The molecule has 2 heteroatoms. The van der Waals surface area contributed by atoms with Crippen molar-refractivity contribution in [3.63, 3.8) is 0 Å². The number of hydrogen-bond acceptors (Lipinski definition) is 2. The van der Waals surface area contributed by atoms with Crippen LogP contribution in [0.15, 0.2) is 12.2 Å². The first-order valence-electron chi connectivity index (χ1n) is 4.22. The third-order valence-corrected chi connectivity index (χ3v) is 2.12. The average molecular weight is 173 g/mol. The highest BCUT2D eigenvalue weighted by Crippen LogP contribution is 1.93. The Kier molecular flexibility index (Phi) is 10.1. The average Bonchev–Trinajstić information content (AvgIpc) is 2.03. The van der Waals surface area contributed by atoms with Gasteiger partial charge in [0.05, 0.1) is 0 Å². The van der Waals surface area contributed by atoms with Crippen molar-refractivity contribution in [1.29, 1.82) is 0 Å². The van der Waals surface area contributed by atoms with Gasteiger partial charge in [-0.15, -0.1) is 0 Å². The third kappa shape index (κ3) is 10.1. The van der Waals surface area contributed by atoms with Gasteiger partial charge in [0.15, 0.2) is 0 Å². The molecule has 0 aliphatic heterocycles. The van der Waals surface area contributed by atoms with E-state index in [0.717, 1.165) is 13.0 Å². The molecule has 1 N–H and O–H groups in total. The number of allylic oxidation sites excluding steroid dienone is 1. The van der Waals surface area contributed by atoms with Crippen LogP contribution in [0, 0.1) is 0 Å². The highest BCUT2D eigenvalue weighted by atomic mass is 32.2. The number of nitrogens with one attached hydrogen (secondary N) is 1. The normalized spacial score (nSPS) is 11.1. The maximum atomic E-state index is 3.39. The fourth-order valence-electron chi connectivity index (χ4n) is 0.819. The zero-order chi connectivity index (χ0) is 8.36. The summed E-state index contributed by atoms with van der Waals surface area (Å²) in [6.45, 7) is 4.35. The van der Waals surface area contributed by atoms with Crippen molar-refractivity contribution >= 4 is 11.8 Å². The summed E-state index contributed by atoms with van der Waals surface area (Å²) in [6.07, 6.45) is 8.90. The fraction of sp³-hybridized carbons (Fsp3) is 0.778. The Labute approximate surface area is 74.6 Å². The number of rotatable bonds is 7. The van der Waals surface area contributed by atoms with E-state index in [1.165, 1.54) is 18.7 Å². The van der Waals surface area contributed by atoms with E-state index in [-0.39, 0.29) is 0 Å². The van der Waals surface area contributed by atoms with E-state index in [9.17, 15) is 0 Å². The minimum Gasteiger partial charge on any atom is -0.316 e. The molecule has 11 heavy (non-hydrogen) atoms. The summed E-state index contributed by atoms with van der Waals surface area (Å²) in [5.74, 6) is 1.27. The van der Waals surface area contributed by atoms with Crippen LogP contribution in [0.4, 0.5) is 0 Å². The van der Waals surface area contributed by atoms with Crippen molar-refractivity contribution in [2.75, 3.05) is 25.1 Å². The lowest BCUT2D eigenvalue weighted by Gasteiger charge is -2.00. The summed E-state index contributed by atoms with van der Waals surface area (Å²) in [5.41, 5.74) is 0. The second kappa shape index (κ2) is 10.0. The minimum atomic E-state index is 1.12. The minimum absolute atomic E-state index is 1.12. The van der Waals surface area contributed by atoms with Crippen LogP contribution in [0.2, 0.25) is 0 Å². The van der Waals surface area contributed by atoms with E-state index in [4.69, 9.17) is 0 Å². The summed E-state index contributed by atoms with van der Waals surface area (Å²) in [5, 5.41) is 3.39. The zero-order valence-electron chi connectivity index (χ0n) is 7.60. The first-order valence-corrected chi connectivity index (χ1v) is 5.62. The van der Waals surface area contributed by atoms with Crippen LogP contribution < -0.4 is 5.32 Å². The van der Waals surface area contributed by atoms with Crippen molar-refractivity contribution in [3.8, 4) is 0 Å². The monoisotopic (exact) mass is 173 g/mol. The molecular weight excluding hydrogens is 154 g/mol. The largest absolute Gasteiger partial charge is 0.316 e.